The number of aliphatic hydroxyl groups excluding tert-OH is 3. The summed E-state index contributed by atoms with van der Waals surface area (Å²) in [7, 11) is 0. The van der Waals surface area contributed by atoms with Gasteiger partial charge in [0, 0.05) is 12.3 Å². The molecule has 0 spiro atoms. The van der Waals surface area contributed by atoms with Crippen LogP contribution in [0.15, 0.2) is 11.1 Å². The van der Waals surface area contributed by atoms with Crippen molar-refractivity contribution in [2.45, 2.75) is 63.9 Å². The van der Waals surface area contributed by atoms with E-state index in [4.69, 9.17) is 4.74 Å². The van der Waals surface area contributed by atoms with Crippen molar-refractivity contribution >= 4 is 5.78 Å². The quantitative estimate of drug-likeness (QED) is 0.575. The Hall–Kier alpha value is -0.750. The number of fused-ring (bicyclic) bond motifs is 5. The lowest BCUT2D eigenvalue weighted by atomic mass is 9.52. The second-order valence-corrected chi connectivity index (χ2v) is 8.21. The molecule has 4 aliphatic rings. The Labute approximate surface area is 136 Å². The Morgan fingerprint density at radius 2 is 1.91 bits per heavy atom. The number of ether oxygens (including phenoxy) is 1. The summed E-state index contributed by atoms with van der Waals surface area (Å²) >= 11 is 0. The molecule has 0 unspecified atom stereocenters. The number of rotatable bonds is 0. The minimum absolute atomic E-state index is 0.0179. The van der Waals surface area contributed by atoms with E-state index >= 15 is 0 Å². The maximum Gasteiger partial charge on any atom is 0.174 e. The molecule has 5 nitrogen and oxygen atoms in total. The molecule has 0 amide bonds. The van der Waals surface area contributed by atoms with Gasteiger partial charge in [-0.2, -0.15) is 0 Å². The first kappa shape index (κ1) is 15.8. The van der Waals surface area contributed by atoms with E-state index in [-0.39, 0.29) is 29.6 Å². The molecule has 128 valence electrons. The fourth-order valence-electron chi connectivity index (χ4n) is 5.47. The van der Waals surface area contributed by atoms with Crippen LogP contribution in [0.25, 0.3) is 0 Å². The molecule has 8 atom stereocenters. The molecule has 3 fully saturated rings. The summed E-state index contributed by atoms with van der Waals surface area (Å²) in [5.41, 5.74) is 0.494. The van der Waals surface area contributed by atoms with Crippen molar-refractivity contribution in [3.63, 3.8) is 0 Å². The Morgan fingerprint density at radius 1 is 1.17 bits per heavy atom. The van der Waals surface area contributed by atoms with Gasteiger partial charge >= 0.3 is 0 Å². The highest BCUT2D eigenvalue weighted by atomic mass is 16.5. The molecule has 0 aromatic carbocycles. The second kappa shape index (κ2) is 5.12. The molecule has 1 saturated heterocycles. The van der Waals surface area contributed by atoms with Gasteiger partial charge in [-0.05, 0) is 56.1 Å². The fraction of sp³-hybridized carbons (Fsp3) is 0.833. The van der Waals surface area contributed by atoms with Gasteiger partial charge in [0.05, 0.1) is 30.3 Å². The van der Waals surface area contributed by atoms with Gasteiger partial charge in [0.25, 0.3) is 0 Å². The van der Waals surface area contributed by atoms with Crippen LogP contribution in [0.2, 0.25) is 0 Å². The number of Topliss-reactive ketones (excluding diaryl/α,β-unsaturated/α-hetero) is 1. The minimum Gasteiger partial charge on any atom is -0.392 e. The monoisotopic (exact) mass is 322 g/mol. The first-order chi connectivity index (χ1) is 10.8. The van der Waals surface area contributed by atoms with E-state index in [1.165, 1.54) is 0 Å². The molecule has 3 N–H and O–H groups in total. The summed E-state index contributed by atoms with van der Waals surface area (Å²) in [6.07, 6.45) is 0.128. The van der Waals surface area contributed by atoms with Gasteiger partial charge in [-0.3, -0.25) is 4.79 Å². The zero-order valence-electron chi connectivity index (χ0n) is 13.7. The summed E-state index contributed by atoms with van der Waals surface area (Å²) in [5, 5.41) is 31.7. The third-order valence-corrected chi connectivity index (χ3v) is 7.18. The summed E-state index contributed by atoms with van der Waals surface area (Å²) in [5.74, 6) is 0.277. The van der Waals surface area contributed by atoms with Gasteiger partial charge < -0.3 is 20.1 Å². The average Bonchev–Trinajstić information content (AvgIpc) is 2.49. The Balaban J connectivity index is 1.79. The topological polar surface area (TPSA) is 87.0 Å². The van der Waals surface area contributed by atoms with Gasteiger partial charge in [-0.15, -0.1) is 0 Å². The van der Waals surface area contributed by atoms with Gasteiger partial charge in [0.2, 0.25) is 0 Å². The molecular formula is C18H26O5. The highest BCUT2D eigenvalue weighted by Gasteiger charge is 2.61. The molecule has 0 aromatic rings. The van der Waals surface area contributed by atoms with Gasteiger partial charge in [0.15, 0.2) is 5.78 Å². The van der Waals surface area contributed by atoms with Crippen LogP contribution in [-0.2, 0) is 9.53 Å². The molecule has 23 heavy (non-hydrogen) atoms. The van der Waals surface area contributed by atoms with Crippen LogP contribution in [0.1, 0.15) is 39.5 Å². The highest BCUT2D eigenvalue weighted by molar-refractivity contribution is 5.92. The molecule has 0 radical (unpaired) electrons. The van der Waals surface area contributed by atoms with Crippen LogP contribution >= 0.6 is 0 Å². The summed E-state index contributed by atoms with van der Waals surface area (Å²) in [6.45, 7) is 4.27. The maximum atomic E-state index is 13.1. The lowest BCUT2D eigenvalue weighted by Crippen LogP contribution is -2.64. The summed E-state index contributed by atoms with van der Waals surface area (Å²) in [4.78, 5) is 13.1. The van der Waals surface area contributed by atoms with Crippen LogP contribution in [0, 0.1) is 23.2 Å². The summed E-state index contributed by atoms with van der Waals surface area (Å²) < 4.78 is 5.58. The molecule has 2 bridgehead atoms. The Morgan fingerprint density at radius 3 is 2.57 bits per heavy atom. The van der Waals surface area contributed by atoms with Crippen LogP contribution in [0.3, 0.4) is 0 Å². The zero-order chi connectivity index (χ0) is 16.5. The molecule has 3 aliphatic carbocycles. The predicted octanol–water partition coefficient (Wildman–Crippen LogP) is 0.810. The Bertz CT molecular complexity index is 570. The van der Waals surface area contributed by atoms with Crippen LogP contribution in [0.5, 0.6) is 0 Å². The van der Waals surface area contributed by atoms with Crippen molar-refractivity contribution in [2.75, 3.05) is 6.61 Å². The largest absolute Gasteiger partial charge is 0.392 e. The van der Waals surface area contributed by atoms with Crippen molar-refractivity contribution in [1.82, 2.24) is 0 Å². The number of hydrogen-bond acceptors (Lipinski definition) is 5. The van der Waals surface area contributed by atoms with Crippen molar-refractivity contribution < 1.29 is 24.9 Å². The molecule has 1 heterocycles. The van der Waals surface area contributed by atoms with E-state index in [0.717, 1.165) is 12.0 Å². The first-order valence-electron chi connectivity index (χ1n) is 8.73. The summed E-state index contributed by atoms with van der Waals surface area (Å²) in [6, 6.07) is 0. The van der Waals surface area contributed by atoms with Crippen molar-refractivity contribution in [3.05, 3.63) is 11.1 Å². The molecule has 0 aromatic heterocycles. The maximum absolute atomic E-state index is 13.1. The average molecular weight is 322 g/mol. The van der Waals surface area contributed by atoms with Crippen molar-refractivity contribution in [1.29, 1.82) is 0 Å². The number of hydrogen-bond donors (Lipinski definition) is 3. The molecule has 5 heteroatoms. The van der Waals surface area contributed by atoms with E-state index in [1.54, 1.807) is 6.92 Å². The van der Waals surface area contributed by atoms with Crippen molar-refractivity contribution in [3.8, 4) is 0 Å². The number of carbonyl (C=O) groups is 1. The molecular weight excluding hydrogens is 296 g/mol. The van der Waals surface area contributed by atoms with Gasteiger partial charge in [-0.1, -0.05) is 0 Å². The van der Waals surface area contributed by atoms with Crippen LogP contribution in [0.4, 0.5) is 0 Å². The highest BCUT2D eigenvalue weighted by Crippen LogP contribution is 2.55. The van der Waals surface area contributed by atoms with Gasteiger partial charge in [-0.25, -0.2) is 0 Å². The normalized spacial score (nSPS) is 52.9. The third-order valence-electron chi connectivity index (χ3n) is 7.18. The minimum atomic E-state index is -1.20. The SMILES string of the molecule is CC1=C2C[C@@H](C[C@@H]1O)C[C@H]1[C@H]3CO[C@H]3C[C@H](O)[C@@]1(C)C(=O)[C@@H]2O. The predicted molar refractivity (Wildman–Crippen MR) is 82.5 cm³/mol. The Kier molecular flexibility index (Phi) is 3.51. The number of aliphatic hydroxyl groups is 3. The lowest BCUT2D eigenvalue weighted by Gasteiger charge is -2.58. The van der Waals surface area contributed by atoms with Crippen molar-refractivity contribution in [2.24, 2.45) is 23.2 Å². The van der Waals surface area contributed by atoms with E-state index < -0.39 is 23.7 Å². The standard InChI is InChI=1S/C18H26O5/c1-8-10-3-9(5-13(8)19)4-12-11-7-23-14(11)6-15(20)18(12,2)17(22)16(10)21/h9,11-16,19-21H,3-7H2,1-2H3/t9-,11-,12+,13+,14+,15+,16-,18+/m1/s1. The first-order valence-corrected chi connectivity index (χ1v) is 8.73. The van der Waals surface area contributed by atoms with E-state index in [1.807, 2.05) is 6.92 Å². The number of carbonyl (C=O) groups excluding carboxylic acids is 1. The van der Waals surface area contributed by atoms with E-state index in [9.17, 15) is 20.1 Å². The second-order valence-electron chi connectivity index (χ2n) is 8.21. The smallest absolute Gasteiger partial charge is 0.174 e. The van der Waals surface area contributed by atoms with Crippen LogP contribution < -0.4 is 0 Å². The number of ketones is 1. The van der Waals surface area contributed by atoms with Crippen LogP contribution in [-0.4, -0.2) is 52.1 Å². The zero-order valence-corrected chi connectivity index (χ0v) is 13.7. The van der Waals surface area contributed by atoms with Gasteiger partial charge in [0.1, 0.15) is 6.10 Å². The molecule has 4 rings (SSSR count). The molecule has 1 aliphatic heterocycles. The van der Waals surface area contributed by atoms with E-state index in [0.29, 0.717) is 31.4 Å². The lowest BCUT2D eigenvalue weighted by molar-refractivity contribution is -0.228. The molecule has 2 saturated carbocycles. The third kappa shape index (κ3) is 2.03. The fourth-order valence-corrected chi connectivity index (χ4v) is 5.47. The van der Waals surface area contributed by atoms with E-state index in [2.05, 4.69) is 0 Å².